The Morgan fingerprint density at radius 2 is 2.30 bits per heavy atom. The van der Waals surface area contributed by atoms with Crippen molar-refractivity contribution in [2.24, 2.45) is 11.8 Å². The molecule has 0 bridgehead atoms. The van der Waals surface area contributed by atoms with Crippen LogP contribution in [0.25, 0.3) is 0 Å². The van der Waals surface area contributed by atoms with Gasteiger partial charge in [-0.05, 0) is 34.2 Å². The first kappa shape index (κ1) is 15.8. The Labute approximate surface area is 145 Å². The van der Waals surface area contributed by atoms with Gasteiger partial charge in [0.15, 0.2) is 0 Å². The van der Waals surface area contributed by atoms with Crippen LogP contribution in [0.1, 0.15) is 21.7 Å². The zero-order valence-electron chi connectivity index (χ0n) is 12.6. The van der Waals surface area contributed by atoms with E-state index in [1.54, 1.807) is 12.0 Å². The third-order valence-corrected chi connectivity index (χ3v) is 6.89. The van der Waals surface area contributed by atoms with Gasteiger partial charge in [-0.25, -0.2) is 8.78 Å². The van der Waals surface area contributed by atoms with Gasteiger partial charge in [-0.1, -0.05) is 0 Å². The summed E-state index contributed by atoms with van der Waals surface area (Å²) in [5.41, 5.74) is 1.28. The fraction of sp³-hybridized carbons (Fsp3) is 0.667. The molecule has 1 aromatic heterocycles. The summed E-state index contributed by atoms with van der Waals surface area (Å²) in [5, 5.41) is 3.05. The van der Waals surface area contributed by atoms with Gasteiger partial charge in [-0.15, -0.1) is 11.3 Å². The molecule has 3 atom stereocenters. The van der Waals surface area contributed by atoms with E-state index in [0.29, 0.717) is 44.9 Å². The number of carbonyl (C=O) groups is 1. The van der Waals surface area contributed by atoms with E-state index in [9.17, 15) is 13.6 Å². The summed E-state index contributed by atoms with van der Waals surface area (Å²) < 4.78 is 34.1. The Morgan fingerprint density at radius 3 is 3.04 bits per heavy atom. The highest BCUT2D eigenvalue weighted by molar-refractivity contribution is 9.11. The SMILES string of the molecule is COC[C@H]1CC1C1CN2CC(F)(F)Cc3c(Br)sc(c32)C(=O)N1. The third-order valence-electron chi connectivity index (χ3n) is 4.92. The second-order valence-corrected chi connectivity index (χ2v) is 8.98. The van der Waals surface area contributed by atoms with Crippen molar-refractivity contribution in [1.29, 1.82) is 0 Å². The number of hydrogen-bond acceptors (Lipinski definition) is 4. The molecule has 4 nitrogen and oxygen atoms in total. The number of methoxy groups -OCH3 is 1. The highest BCUT2D eigenvalue weighted by atomic mass is 79.9. The molecule has 0 aromatic carbocycles. The smallest absolute Gasteiger partial charge is 0.269 e. The predicted octanol–water partition coefficient (Wildman–Crippen LogP) is 2.90. The third kappa shape index (κ3) is 2.68. The van der Waals surface area contributed by atoms with Gasteiger partial charge in [-0.3, -0.25) is 4.79 Å². The molecule has 0 radical (unpaired) electrons. The van der Waals surface area contributed by atoms with Crippen LogP contribution < -0.4 is 10.2 Å². The van der Waals surface area contributed by atoms with E-state index < -0.39 is 5.92 Å². The van der Waals surface area contributed by atoms with Gasteiger partial charge in [0, 0.05) is 38.3 Å². The average molecular weight is 407 g/mol. The van der Waals surface area contributed by atoms with Gasteiger partial charge in [0.1, 0.15) is 4.88 Å². The molecule has 3 heterocycles. The minimum Gasteiger partial charge on any atom is -0.384 e. The largest absolute Gasteiger partial charge is 0.384 e. The molecule has 1 amide bonds. The lowest BCUT2D eigenvalue weighted by Crippen LogP contribution is -2.48. The van der Waals surface area contributed by atoms with E-state index in [1.165, 1.54) is 11.3 Å². The lowest BCUT2D eigenvalue weighted by Gasteiger charge is -2.35. The highest BCUT2D eigenvalue weighted by Crippen LogP contribution is 2.49. The fourth-order valence-corrected chi connectivity index (χ4v) is 5.61. The minimum absolute atomic E-state index is 0.0947. The first-order valence-corrected chi connectivity index (χ1v) is 9.24. The van der Waals surface area contributed by atoms with Crippen molar-refractivity contribution in [3.05, 3.63) is 14.2 Å². The Bertz CT molecular complexity index is 666. The first-order valence-electron chi connectivity index (χ1n) is 7.63. The minimum atomic E-state index is -2.76. The van der Waals surface area contributed by atoms with Crippen LogP contribution >= 0.6 is 27.3 Å². The maximum absolute atomic E-state index is 14.1. The average Bonchev–Trinajstić information content (AvgIpc) is 3.16. The van der Waals surface area contributed by atoms with E-state index in [0.717, 1.165) is 6.42 Å². The lowest BCUT2D eigenvalue weighted by atomic mass is 10.0. The summed E-state index contributed by atoms with van der Waals surface area (Å²) in [6.45, 7) is 0.782. The summed E-state index contributed by atoms with van der Waals surface area (Å²) in [6.07, 6.45) is 0.677. The molecule has 1 fully saturated rings. The summed E-state index contributed by atoms with van der Waals surface area (Å²) in [7, 11) is 1.66. The number of hydrogen-bond donors (Lipinski definition) is 1. The van der Waals surface area contributed by atoms with Crippen molar-refractivity contribution in [2.75, 3.05) is 31.7 Å². The molecule has 23 heavy (non-hydrogen) atoms. The number of rotatable bonds is 3. The maximum Gasteiger partial charge on any atom is 0.269 e. The van der Waals surface area contributed by atoms with Crippen molar-refractivity contribution in [3.8, 4) is 0 Å². The second-order valence-electron chi connectivity index (χ2n) is 6.64. The molecule has 8 heteroatoms. The number of amides is 1. The molecular formula is C15H17BrF2N2O2S. The van der Waals surface area contributed by atoms with E-state index in [2.05, 4.69) is 21.2 Å². The molecule has 1 N–H and O–H groups in total. The zero-order chi connectivity index (χ0) is 16.4. The Balaban J connectivity index is 1.66. The highest BCUT2D eigenvalue weighted by Gasteiger charge is 2.49. The molecule has 2 unspecified atom stereocenters. The molecule has 4 rings (SSSR count). The normalized spacial score (nSPS) is 31.4. The van der Waals surface area contributed by atoms with Crippen molar-refractivity contribution < 1.29 is 18.3 Å². The topological polar surface area (TPSA) is 41.6 Å². The molecule has 1 aliphatic carbocycles. The Kier molecular flexibility index (Phi) is 3.70. The van der Waals surface area contributed by atoms with Gasteiger partial charge in [0.2, 0.25) is 0 Å². The molecule has 0 saturated heterocycles. The Hall–Kier alpha value is -0.730. The second kappa shape index (κ2) is 5.39. The number of carbonyl (C=O) groups excluding carboxylic acids is 1. The van der Waals surface area contributed by atoms with Crippen LogP contribution in [0.5, 0.6) is 0 Å². The van der Waals surface area contributed by atoms with Gasteiger partial charge in [-0.2, -0.15) is 0 Å². The number of anilines is 1. The molecule has 2 aliphatic heterocycles. The monoisotopic (exact) mass is 406 g/mol. The number of nitrogens with one attached hydrogen (secondary N) is 1. The molecule has 1 saturated carbocycles. The van der Waals surface area contributed by atoms with Gasteiger partial charge in [0.25, 0.3) is 11.8 Å². The zero-order valence-corrected chi connectivity index (χ0v) is 15.0. The maximum atomic E-state index is 14.1. The number of nitrogens with zero attached hydrogens (tertiary/aromatic N) is 1. The van der Waals surface area contributed by atoms with Crippen LogP contribution in [-0.4, -0.2) is 44.7 Å². The lowest BCUT2D eigenvalue weighted by molar-refractivity contribution is 0.00504. The molecule has 3 aliphatic rings. The van der Waals surface area contributed by atoms with Crippen LogP contribution in [0.3, 0.4) is 0 Å². The fourth-order valence-electron chi connectivity index (χ4n) is 3.83. The van der Waals surface area contributed by atoms with E-state index in [1.807, 2.05) is 0 Å². The predicted molar refractivity (Wildman–Crippen MR) is 87.6 cm³/mol. The van der Waals surface area contributed by atoms with Crippen LogP contribution in [0, 0.1) is 11.8 Å². The van der Waals surface area contributed by atoms with Crippen LogP contribution in [0.15, 0.2) is 3.79 Å². The van der Waals surface area contributed by atoms with E-state index >= 15 is 0 Å². The summed E-state index contributed by atoms with van der Waals surface area (Å²) >= 11 is 4.61. The Morgan fingerprint density at radius 1 is 1.52 bits per heavy atom. The van der Waals surface area contributed by atoms with Crippen molar-refractivity contribution >= 4 is 38.9 Å². The van der Waals surface area contributed by atoms with Gasteiger partial charge < -0.3 is 15.0 Å². The van der Waals surface area contributed by atoms with Crippen LogP contribution in [0.2, 0.25) is 0 Å². The summed E-state index contributed by atoms with van der Waals surface area (Å²) in [6, 6.07) is -0.0947. The number of alkyl halides is 2. The summed E-state index contributed by atoms with van der Waals surface area (Å²) in [4.78, 5) is 14.8. The van der Waals surface area contributed by atoms with Crippen LogP contribution in [-0.2, 0) is 11.2 Å². The van der Waals surface area contributed by atoms with Gasteiger partial charge >= 0.3 is 0 Å². The molecular weight excluding hydrogens is 390 g/mol. The number of halogens is 3. The van der Waals surface area contributed by atoms with Crippen molar-refractivity contribution in [1.82, 2.24) is 5.32 Å². The molecule has 126 valence electrons. The summed E-state index contributed by atoms with van der Waals surface area (Å²) in [5.74, 6) is -2.17. The van der Waals surface area contributed by atoms with Crippen LogP contribution in [0.4, 0.5) is 14.5 Å². The molecule has 1 aromatic rings. The number of ether oxygens (including phenoxy) is 1. The molecule has 0 spiro atoms. The first-order chi connectivity index (χ1) is 10.9. The quantitative estimate of drug-likeness (QED) is 0.838. The van der Waals surface area contributed by atoms with E-state index in [-0.39, 0.29) is 24.9 Å². The van der Waals surface area contributed by atoms with E-state index in [4.69, 9.17) is 4.74 Å². The standard InChI is InChI=1S/C15H17BrF2N2O2S/c1-22-5-7-2-8(7)10-4-20-6-15(17,18)3-9-11(20)12(14(21)19-10)23-13(9)16/h7-8,10H,2-6H2,1H3,(H,19,21)/t7-,8?,10?/m1/s1. The number of thiophene rings is 1. The van der Waals surface area contributed by atoms with Gasteiger partial charge in [0.05, 0.1) is 16.0 Å². The van der Waals surface area contributed by atoms with Crippen molar-refractivity contribution in [3.63, 3.8) is 0 Å². The van der Waals surface area contributed by atoms with Crippen molar-refractivity contribution in [2.45, 2.75) is 24.8 Å².